The smallest absolute Gasteiger partial charge is 0.330 e. The van der Waals surface area contributed by atoms with Gasteiger partial charge in [-0.15, -0.1) is 0 Å². The van der Waals surface area contributed by atoms with Gasteiger partial charge < -0.3 is 18.9 Å². The summed E-state index contributed by atoms with van der Waals surface area (Å²) in [6.07, 6.45) is 1.68. The molecule has 1 aromatic carbocycles. The number of carbonyl (C=O) groups excluding carboxylic acids is 1. The van der Waals surface area contributed by atoms with Crippen molar-refractivity contribution in [3.63, 3.8) is 0 Å². The standard InChI is InChI=1S/C17H18O5/c1-4-21-13(18)7-10-14-15(10)17-9-6-12(20-3)11(19-2)5-8(9)16(14)22-17/h5-7,14-17H,4H2,1-3H3/t14-,15?,16+,17-/m1/s1. The Morgan fingerprint density at radius 2 is 1.68 bits per heavy atom. The van der Waals surface area contributed by atoms with Gasteiger partial charge in [0, 0.05) is 17.9 Å². The molecule has 2 fully saturated rings. The highest BCUT2D eigenvalue weighted by molar-refractivity contribution is 5.84. The van der Waals surface area contributed by atoms with Crippen molar-refractivity contribution in [1.82, 2.24) is 0 Å². The van der Waals surface area contributed by atoms with E-state index in [-0.39, 0.29) is 18.2 Å². The molecule has 2 heterocycles. The average molecular weight is 302 g/mol. The molecule has 0 radical (unpaired) electrons. The minimum atomic E-state index is -0.259. The van der Waals surface area contributed by atoms with Crippen LogP contribution in [0.15, 0.2) is 23.8 Å². The van der Waals surface area contributed by atoms with Gasteiger partial charge in [-0.05, 0) is 35.8 Å². The molecule has 3 aliphatic rings. The molecule has 5 heteroatoms. The number of esters is 1. The molecule has 22 heavy (non-hydrogen) atoms. The van der Waals surface area contributed by atoms with Crippen LogP contribution in [0.5, 0.6) is 11.5 Å². The molecule has 0 amide bonds. The molecule has 0 N–H and O–H groups in total. The lowest BCUT2D eigenvalue weighted by Gasteiger charge is -2.14. The van der Waals surface area contributed by atoms with Gasteiger partial charge in [-0.25, -0.2) is 4.79 Å². The fourth-order valence-electron chi connectivity index (χ4n) is 3.83. The second kappa shape index (κ2) is 4.74. The van der Waals surface area contributed by atoms with Crippen LogP contribution >= 0.6 is 0 Å². The molecule has 1 saturated heterocycles. The lowest BCUT2D eigenvalue weighted by atomic mass is 9.91. The van der Waals surface area contributed by atoms with E-state index in [4.69, 9.17) is 18.9 Å². The average Bonchev–Trinajstić information content (AvgIpc) is 2.93. The Morgan fingerprint density at radius 3 is 2.14 bits per heavy atom. The first-order valence-corrected chi connectivity index (χ1v) is 7.49. The predicted molar refractivity (Wildman–Crippen MR) is 77.8 cm³/mol. The first kappa shape index (κ1) is 13.6. The Labute approximate surface area is 128 Å². The molecule has 1 aliphatic carbocycles. The van der Waals surface area contributed by atoms with Gasteiger partial charge in [0.2, 0.25) is 0 Å². The van der Waals surface area contributed by atoms with E-state index in [1.807, 2.05) is 19.1 Å². The van der Waals surface area contributed by atoms with Gasteiger partial charge in [-0.3, -0.25) is 0 Å². The van der Waals surface area contributed by atoms with Crippen molar-refractivity contribution in [3.8, 4) is 11.5 Å². The van der Waals surface area contributed by atoms with Gasteiger partial charge in [0.25, 0.3) is 0 Å². The zero-order chi connectivity index (χ0) is 15.4. The maximum Gasteiger partial charge on any atom is 0.330 e. The second-order valence-corrected chi connectivity index (χ2v) is 5.76. The van der Waals surface area contributed by atoms with Crippen LogP contribution < -0.4 is 9.47 Å². The summed E-state index contributed by atoms with van der Waals surface area (Å²) in [7, 11) is 3.26. The van der Waals surface area contributed by atoms with Crippen LogP contribution in [0.1, 0.15) is 30.3 Å². The number of ether oxygens (including phenoxy) is 4. The van der Waals surface area contributed by atoms with Crippen LogP contribution in [0.2, 0.25) is 0 Å². The second-order valence-electron chi connectivity index (χ2n) is 5.76. The van der Waals surface area contributed by atoms with Crippen molar-refractivity contribution in [2.75, 3.05) is 20.8 Å². The summed E-state index contributed by atoms with van der Waals surface area (Å²) < 4.78 is 21.8. The van der Waals surface area contributed by atoms with Crippen LogP contribution in [-0.4, -0.2) is 26.8 Å². The highest BCUT2D eigenvalue weighted by Crippen LogP contribution is 2.72. The maximum absolute atomic E-state index is 11.7. The number of benzene rings is 1. The summed E-state index contributed by atoms with van der Waals surface area (Å²) in [5.41, 5.74) is 3.45. The molecule has 4 rings (SSSR count). The van der Waals surface area contributed by atoms with E-state index in [1.54, 1.807) is 20.3 Å². The quantitative estimate of drug-likeness (QED) is 0.632. The van der Waals surface area contributed by atoms with Crippen molar-refractivity contribution in [2.24, 2.45) is 11.8 Å². The minimum absolute atomic E-state index is 0.0190. The van der Waals surface area contributed by atoms with Crippen LogP contribution in [0.4, 0.5) is 0 Å². The molecule has 0 aromatic heterocycles. The van der Waals surface area contributed by atoms with Crippen molar-refractivity contribution in [3.05, 3.63) is 34.9 Å². The van der Waals surface area contributed by atoms with E-state index in [0.717, 1.165) is 16.7 Å². The van der Waals surface area contributed by atoms with Crippen LogP contribution in [0.25, 0.3) is 0 Å². The van der Waals surface area contributed by atoms with Crippen molar-refractivity contribution in [1.29, 1.82) is 0 Å². The first-order valence-electron chi connectivity index (χ1n) is 7.49. The van der Waals surface area contributed by atoms with Crippen molar-refractivity contribution < 1.29 is 23.7 Å². The summed E-state index contributed by atoms with van der Waals surface area (Å²) >= 11 is 0. The molecular formula is C17H18O5. The lowest BCUT2D eigenvalue weighted by Crippen LogP contribution is -2.02. The van der Waals surface area contributed by atoms with Gasteiger partial charge >= 0.3 is 5.97 Å². The van der Waals surface area contributed by atoms with Crippen molar-refractivity contribution in [2.45, 2.75) is 19.1 Å². The van der Waals surface area contributed by atoms with E-state index in [9.17, 15) is 4.79 Å². The van der Waals surface area contributed by atoms with E-state index < -0.39 is 0 Å². The Bertz CT molecular complexity index is 633. The largest absolute Gasteiger partial charge is 0.493 e. The van der Waals surface area contributed by atoms with E-state index in [1.165, 1.54) is 0 Å². The summed E-state index contributed by atoms with van der Waals surface area (Å²) in [4.78, 5) is 11.7. The number of rotatable bonds is 4. The maximum atomic E-state index is 11.7. The monoisotopic (exact) mass is 302 g/mol. The van der Waals surface area contributed by atoms with Gasteiger partial charge in [-0.2, -0.15) is 0 Å². The lowest BCUT2D eigenvalue weighted by molar-refractivity contribution is -0.137. The van der Waals surface area contributed by atoms with E-state index in [0.29, 0.717) is 29.9 Å². The molecule has 116 valence electrons. The topological polar surface area (TPSA) is 54.0 Å². The third kappa shape index (κ3) is 1.72. The molecule has 4 atom stereocenters. The van der Waals surface area contributed by atoms with Gasteiger partial charge in [0.1, 0.15) is 0 Å². The summed E-state index contributed by atoms with van der Waals surface area (Å²) in [6, 6.07) is 3.99. The number of hydrogen-bond donors (Lipinski definition) is 0. The summed E-state index contributed by atoms with van der Waals surface area (Å²) in [5, 5.41) is 0. The fourth-order valence-corrected chi connectivity index (χ4v) is 3.83. The molecule has 0 spiro atoms. The van der Waals surface area contributed by atoms with Gasteiger partial charge in [0.15, 0.2) is 11.5 Å². The molecule has 1 unspecified atom stereocenters. The van der Waals surface area contributed by atoms with E-state index >= 15 is 0 Å². The van der Waals surface area contributed by atoms with Crippen LogP contribution in [0, 0.1) is 11.8 Å². The Morgan fingerprint density at radius 1 is 1.14 bits per heavy atom. The summed E-state index contributed by atoms with van der Waals surface area (Å²) in [6.45, 7) is 2.21. The number of carbonyl (C=O) groups is 1. The first-order chi connectivity index (χ1) is 10.7. The molecular weight excluding hydrogens is 284 g/mol. The third-order valence-corrected chi connectivity index (χ3v) is 4.77. The number of methoxy groups -OCH3 is 2. The normalized spacial score (nSPS) is 31.7. The van der Waals surface area contributed by atoms with Gasteiger partial charge in [0.05, 0.1) is 33.0 Å². The third-order valence-electron chi connectivity index (χ3n) is 4.77. The van der Waals surface area contributed by atoms with Crippen LogP contribution in [0.3, 0.4) is 0 Å². The predicted octanol–water partition coefficient (Wildman–Crippen LogP) is 2.57. The van der Waals surface area contributed by atoms with E-state index in [2.05, 4.69) is 0 Å². The number of hydrogen-bond acceptors (Lipinski definition) is 5. The van der Waals surface area contributed by atoms with Gasteiger partial charge in [-0.1, -0.05) is 0 Å². The summed E-state index contributed by atoms with van der Waals surface area (Å²) in [5.74, 6) is 1.78. The highest BCUT2D eigenvalue weighted by Gasteiger charge is 2.65. The minimum Gasteiger partial charge on any atom is -0.493 e. The zero-order valence-electron chi connectivity index (χ0n) is 12.8. The fraction of sp³-hybridized carbons (Fsp3) is 0.471. The SMILES string of the molecule is CCOC(=O)C=C1C2[C@@H]3O[C@@H](c4cc(OC)c(OC)cc43)[C@H]12. The molecule has 1 saturated carbocycles. The Hall–Kier alpha value is -2.01. The van der Waals surface area contributed by atoms with Crippen molar-refractivity contribution >= 4 is 5.97 Å². The Kier molecular flexibility index (Phi) is 2.94. The van der Waals surface area contributed by atoms with Crippen LogP contribution in [-0.2, 0) is 14.3 Å². The highest BCUT2D eigenvalue weighted by atomic mass is 16.5. The zero-order valence-corrected chi connectivity index (χ0v) is 12.8. The molecule has 2 aliphatic heterocycles. The Balaban J connectivity index is 1.66. The molecule has 5 nitrogen and oxygen atoms in total. The number of fused-ring (bicyclic) bond motifs is 8. The molecule has 2 bridgehead atoms. The molecule has 1 aromatic rings.